The molecule has 0 amide bonds. The Hall–Kier alpha value is -3.17. The zero-order valence-corrected chi connectivity index (χ0v) is 18.6. The Kier molecular flexibility index (Phi) is 6.15. The predicted molar refractivity (Wildman–Crippen MR) is 126 cm³/mol. The molecule has 2 heterocycles. The Balaban J connectivity index is 1.28. The van der Waals surface area contributed by atoms with Crippen LogP contribution in [0, 0.1) is 11.6 Å². The molecule has 2 aromatic carbocycles. The number of halogens is 2. The number of nitrogens with one attached hydrogen (secondary N) is 2. The van der Waals surface area contributed by atoms with E-state index in [4.69, 9.17) is 0 Å². The summed E-state index contributed by atoms with van der Waals surface area (Å²) in [5, 5.41) is 17.6. The van der Waals surface area contributed by atoms with E-state index in [2.05, 4.69) is 31.7 Å². The summed E-state index contributed by atoms with van der Waals surface area (Å²) in [4.78, 5) is 13.2. The number of thiazole rings is 1. The molecule has 5 rings (SSSR count). The minimum absolute atomic E-state index is 0.0530. The van der Waals surface area contributed by atoms with Crippen LogP contribution in [0.4, 0.5) is 19.7 Å². The van der Waals surface area contributed by atoms with Crippen LogP contribution >= 0.6 is 11.3 Å². The van der Waals surface area contributed by atoms with Gasteiger partial charge in [0.05, 0.1) is 40.5 Å². The molecule has 6 nitrogen and oxygen atoms in total. The molecular formula is C24H23F2N5OS. The zero-order chi connectivity index (χ0) is 22.8. The summed E-state index contributed by atoms with van der Waals surface area (Å²) in [7, 11) is 0. The summed E-state index contributed by atoms with van der Waals surface area (Å²) in [5.74, 6) is -0.818. The lowest BCUT2D eigenvalue weighted by Crippen LogP contribution is -2.36. The second kappa shape index (κ2) is 9.36. The minimum atomic E-state index is -0.678. The molecule has 1 aliphatic rings. The highest BCUT2D eigenvalue weighted by Crippen LogP contribution is 2.30. The monoisotopic (exact) mass is 467 g/mol. The SMILES string of the molecule is O[C@@H]1CCCCC1Nc1nc2ccc(CNc3cncc(-c4ccc(F)cc4F)n3)cc2s1. The molecule has 1 saturated carbocycles. The maximum atomic E-state index is 14.1. The van der Waals surface area contributed by atoms with Crippen molar-refractivity contribution in [3.8, 4) is 11.3 Å². The molecule has 9 heteroatoms. The Morgan fingerprint density at radius 3 is 2.76 bits per heavy atom. The summed E-state index contributed by atoms with van der Waals surface area (Å²) < 4.78 is 28.3. The van der Waals surface area contributed by atoms with Crippen molar-refractivity contribution in [2.45, 2.75) is 44.4 Å². The van der Waals surface area contributed by atoms with Gasteiger partial charge in [-0.15, -0.1) is 0 Å². The van der Waals surface area contributed by atoms with Gasteiger partial charge in [-0.25, -0.2) is 18.7 Å². The van der Waals surface area contributed by atoms with E-state index in [-0.39, 0.29) is 17.7 Å². The van der Waals surface area contributed by atoms with Gasteiger partial charge in [-0.05, 0) is 42.7 Å². The van der Waals surface area contributed by atoms with E-state index in [1.807, 2.05) is 12.1 Å². The number of aromatic nitrogens is 3. The molecule has 0 saturated heterocycles. The molecule has 3 N–H and O–H groups in total. The third-order valence-electron chi connectivity index (χ3n) is 5.81. The Bertz CT molecular complexity index is 1280. The van der Waals surface area contributed by atoms with Crippen molar-refractivity contribution in [2.75, 3.05) is 10.6 Å². The van der Waals surface area contributed by atoms with Gasteiger partial charge in [0.2, 0.25) is 0 Å². The fourth-order valence-corrected chi connectivity index (χ4v) is 5.04. The van der Waals surface area contributed by atoms with Crippen molar-refractivity contribution in [2.24, 2.45) is 0 Å². The Morgan fingerprint density at radius 2 is 1.91 bits per heavy atom. The molecule has 1 fully saturated rings. The van der Waals surface area contributed by atoms with E-state index in [9.17, 15) is 13.9 Å². The molecule has 4 aromatic rings. The van der Waals surface area contributed by atoms with Crippen LogP contribution in [0.15, 0.2) is 48.8 Å². The third kappa shape index (κ3) is 4.94. The lowest BCUT2D eigenvalue weighted by molar-refractivity contribution is 0.116. The van der Waals surface area contributed by atoms with Crippen LogP contribution < -0.4 is 10.6 Å². The Morgan fingerprint density at radius 1 is 1.03 bits per heavy atom. The fraction of sp³-hybridized carbons (Fsp3) is 0.292. The van der Waals surface area contributed by atoms with Crippen LogP contribution in [0.3, 0.4) is 0 Å². The van der Waals surface area contributed by atoms with Crippen molar-refractivity contribution < 1.29 is 13.9 Å². The number of fused-ring (bicyclic) bond motifs is 1. The van der Waals surface area contributed by atoms with E-state index in [0.29, 0.717) is 18.1 Å². The van der Waals surface area contributed by atoms with Gasteiger partial charge in [0.15, 0.2) is 5.13 Å². The number of benzene rings is 2. The van der Waals surface area contributed by atoms with Gasteiger partial charge in [0.25, 0.3) is 0 Å². The molecule has 33 heavy (non-hydrogen) atoms. The van der Waals surface area contributed by atoms with Gasteiger partial charge < -0.3 is 15.7 Å². The summed E-state index contributed by atoms with van der Waals surface area (Å²) in [5.41, 5.74) is 2.47. The fourth-order valence-electron chi connectivity index (χ4n) is 4.05. The normalized spacial score (nSPS) is 18.4. The van der Waals surface area contributed by atoms with E-state index >= 15 is 0 Å². The molecular weight excluding hydrogens is 444 g/mol. The summed E-state index contributed by atoms with van der Waals surface area (Å²) in [6.07, 6.45) is 6.65. The average molecular weight is 468 g/mol. The number of hydrogen-bond acceptors (Lipinski definition) is 7. The van der Waals surface area contributed by atoms with E-state index in [1.54, 1.807) is 17.5 Å². The number of hydrogen-bond donors (Lipinski definition) is 3. The molecule has 0 radical (unpaired) electrons. The third-order valence-corrected chi connectivity index (χ3v) is 6.76. The van der Waals surface area contributed by atoms with Crippen LogP contribution in [-0.4, -0.2) is 32.2 Å². The Labute approximate surface area is 193 Å². The predicted octanol–water partition coefficient (Wildman–Crippen LogP) is 5.36. The quantitative estimate of drug-likeness (QED) is 0.354. The van der Waals surface area contributed by atoms with Gasteiger partial charge >= 0.3 is 0 Å². The van der Waals surface area contributed by atoms with E-state index < -0.39 is 11.6 Å². The van der Waals surface area contributed by atoms with Gasteiger partial charge in [-0.2, -0.15) is 0 Å². The highest BCUT2D eigenvalue weighted by Gasteiger charge is 2.23. The summed E-state index contributed by atoms with van der Waals surface area (Å²) in [6.45, 7) is 0.502. The first kappa shape index (κ1) is 21.7. The van der Waals surface area contributed by atoms with Crippen molar-refractivity contribution in [3.05, 3.63) is 66.0 Å². The van der Waals surface area contributed by atoms with Crippen molar-refractivity contribution in [1.82, 2.24) is 15.0 Å². The van der Waals surface area contributed by atoms with Gasteiger partial charge in [-0.3, -0.25) is 4.98 Å². The molecule has 1 aliphatic carbocycles. The number of aliphatic hydroxyl groups is 1. The minimum Gasteiger partial charge on any atom is -0.391 e. The lowest BCUT2D eigenvalue weighted by atomic mass is 9.93. The maximum absolute atomic E-state index is 14.1. The first-order valence-electron chi connectivity index (χ1n) is 10.9. The molecule has 170 valence electrons. The summed E-state index contributed by atoms with van der Waals surface area (Å²) >= 11 is 1.57. The maximum Gasteiger partial charge on any atom is 0.184 e. The average Bonchev–Trinajstić information content (AvgIpc) is 3.21. The van der Waals surface area contributed by atoms with Crippen molar-refractivity contribution in [3.63, 3.8) is 0 Å². The lowest BCUT2D eigenvalue weighted by Gasteiger charge is -2.27. The molecule has 0 aliphatic heterocycles. The number of rotatable bonds is 6. The van der Waals surface area contributed by atoms with Gasteiger partial charge in [0, 0.05) is 18.2 Å². The van der Waals surface area contributed by atoms with Gasteiger partial charge in [-0.1, -0.05) is 30.2 Å². The van der Waals surface area contributed by atoms with Crippen molar-refractivity contribution in [1.29, 1.82) is 0 Å². The van der Waals surface area contributed by atoms with Crippen LogP contribution in [0.25, 0.3) is 21.5 Å². The van der Waals surface area contributed by atoms with Crippen LogP contribution in [0.2, 0.25) is 0 Å². The number of nitrogens with zero attached hydrogens (tertiary/aromatic N) is 3. The topological polar surface area (TPSA) is 83.0 Å². The second-order valence-electron chi connectivity index (χ2n) is 8.19. The zero-order valence-electron chi connectivity index (χ0n) is 17.8. The molecule has 0 spiro atoms. The number of aliphatic hydroxyl groups excluding tert-OH is 1. The summed E-state index contributed by atoms with van der Waals surface area (Å²) in [6, 6.07) is 9.47. The van der Waals surface area contributed by atoms with Gasteiger partial charge in [0.1, 0.15) is 17.5 Å². The standard InChI is InChI=1S/C24H23F2N5OS/c25-15-6-7-16(17(26)10-15)20-12-27-13-23(29-20)28-11-14-5-8-19-22(9-14)33-24(31-19)30-18-3-1-2-4-21(18)32/h5-10,12-13,18,21,32H,1-4,11H2,(H,28,29)(H,30,31)/t18?,21-/m1/s1. The van der Waals surface area contributed by atoms with E-state index in [1.165, 1.54) is 18.3 Å². The molecule has 0 bridgehead atoms. The molecule has 2 aromatic heterocycles. The van der Waals surface area contributed by atoms with Crippen LogP contribution in [0.5, 0.6) is 0 Å². The first-order chi connectivity index (χ1) is 16.0. The highest BCUT2D eigenvalue weighted by atomic mass is 32.1. The van der Waals surface area contributed by atoms with Crippen LogP contribution in [0.1, 0.15) is 31.2 Å². The van der Waals surface area contributed by atoms with E-state index in [0.717, 1.165) is 52.7 Å². The number of anilines is 2. The molecule has 1 unspecified atom stereocenters. The first-order valence-corrected chi connectivity index (χ1v) is 11.7. The molecule has 2 atom stereocenters. The smallest absolute Gasteiger partial charge is 0.184 e. The highest BCUT2D eigenvalue weighted by molar-refractivity contribution is 7.22. The van der Waals surface area contributed by atoms with Crippen molar-refractivity contribution >= 4 is 32.5 Å². The van der Waals surface area contributed by atoms with Crippen LogP contribution in [-0.2, 0) is 6.54 Å². The largest absolute Gasteiger partial charge is 0.391 e. The second-order valence-corrected chi connectivity index (χ2v) is 9.22.